The van der Waals surface area contributed by atoms with E-state index in [2.05, 4.69) is 10.3 Å². The number of likely N-dealkylation sites (tertiary alicyclic amines) is 1. The minimum atomic E-state index is -2.66. The van der Waals surface area contributed by atoms with Gasteiger partial charge in [0.05, 0.1) is 11.9 Å². The molecule has 1 aliphatic rings. The number of anilines is 1. The summed E-state index contributed by atoms with van der Waals surface area (Å²) in [6.07, 6.45) is 3.75. The van der Waals surface area contributed by atoms with Crippen LogP contribution in [-0.4, -0.2) is 39.4 Å². The number of aryl methyl sites for hydroxylation is 1. The smallest absolute Gasteiger partial charge is 0.260 e. The lowest BCUT2D eigenvalue weighted by molar-refractivity contribution is -0.114. The Morgan fingerprint density at radius 3 is 2.90 bits per heavy atom. The van der Waals surface area contributed by atoms with Gasteiger partial charge in [0.1, 0.15) is 5.82 Å². The lowest BCUT2D eigenvalue weighted by Gasteiger charge is -2.31. The predicted octanol–water partition coefficient (Wildman–Crippen LogP) is 3.85. The molecule has 3 aromatic heterocycles. The number of alkyl halides is 2. The summed E-state index contributed by atoms with van der Waals surface area (Å²) < 4.78 is 29.8. The number of hydrogen-bond acceptors (Lipinski definition) is 5. The van der Waals surface area contributed by atoms with Gasteiger partial charge in [0.15, 0.2) is 0 Å². The standard InChI is InChI=1S/C21H22F2N4O2S/c1-13(28)25-18-8-14(4-6-24-18)17-11-26(2)20(29)16-9-15(30-19(16)17)10-27-7-3-5-21(22,23)12-27/h4,6,8-9,11H,3,5,7,10,12H2,1-2H3,(H,24,25,28). The van der Waals surface area contributed by atoms with E-state index in [9.17, 15) is 18.4 Å². The Hall–Kier alpha value is -2.65. The highest BCUT2D eigenvalue weighted by molar-refractivity contribution is 7.19. The molecule has 4 heterocycles. The molecule has 0 unspecified atom stereocenters. The van der Waals surface area contributed by atoms with E-state index in [1.165, 1.54) is 22.8 Å². The summed E-state index contributed by atoms with van der Waals surface area (Å²) in [5.74, 6) is -2.45. The van der Waals surface area contributed by atoms with E-state index >= 15 is 0 Å². The fourth-order valence-electron chi connectivity index (χ4n) is 3.83. The molecule has 9 heteroatoms. The number of thiophene rings is 1. The average molecular weight is 432 g/mol. The minimum Gasteiger partial charge on any atom is -0.317 e. The van der Waals surface area contributed by atoms with Gasteiger partial charge in [-0.2, -0.15) is 0 Å². The van der Waals surface area contributed by atoms with E-state index in [0.29, 0.717) is 30.7 Å². The molecule has 0 saturated carbocycles. The second kappa shape index (κ2) is 7.88. The van der Waals surface area contributed by atoms with Crippen LogP contribution in [0.4, 0.5) is 14.6 Å². The van der Waals surface area contributed by atoms with Gasteiger partial charge in [-0.25, -0.2) is 13.8 Å². The van der Waals surface area contributed by atoms with Crippen molar-refractivity contribution < 1.29 is 13.6 Å². The number of amides is 1. The van der Waals surface area contributed by atoms with Crippen molar-refractivity contribution in [2.75, 3.05) is 18.4 Å². The number of halogens is 2. The maximum Gasteiger partial charge on any atom is 0.260 e. The number of rotatable bonds is 4. The lowest BCUT2D eigenvalue weighted by atomic mass is 10.1. The van der Waals surface area contributed by atoms with Gasteiger partial charge in [-0.1, -0.05) is 0 Å². The monoisotopic (exact) mass is 432 g/mol. The molecule has 1 fully saturated rings. The highest BCUT2D eigenvalue weighted by Crippen LogP contribution is 2.35. The number of aromatic nitrogens is 2. The zero-order valence-corrected chi connectivity index (χ0v) is 17.6. The first-order valence-corrected chi connectivity index (χ1v) is 10.5. The molecule has 0 aromatic carbocycles. The summed E-state index contributed by atoms with van der Waals surface area (Å²) in [4.78, 5) is 30.8. The topological polar surface area (TPSA) is 67.2 Å². The Morgan fingerprint density at radius 2 is 2.17 bits per heavy atom. The summed E-state index contributed by atoms with van der Waals surface area (Å²) >= 11 is 1.45. The van der Waals surface area contributed by atoms with Crippen LogP contribution in [0.1, 0.15) is 24.6 Å². The summed E-state index contributed by atoms with van der Waals surface area (Å²) in [5.41, 5.74) is 1.52. The Morgan fingerprint density at radius 1 is 1.37 bits per heavy atom. The summed E-state index contributed by atoms with van der Waals surface area (Å²) in [6.45, 7) is 2.18. The molecule has 0 atom stereocenters. The lowest BCUT2D eigenvalue weighted by Crippen LogP contribution is -2.41. The molecule has 3 aromatic rings. The molecule has 4 rings (SSSR count). The molecule has 158 valence electrons. The van der Waals surface area contributed by atoms with Crippen LogP contribution in [-0.2, 0) is 18.4 Å². The second-order valence-corrected chi connectivity index (χ2v) is 8.83. The zero-order valence-electron chi connectivity index (χ0n) is 16.7. The Bertz CT molecular complexity index is 1170. The van der Waals surface area contributed by atoms with Crippen molar-refractivity contribution >= 4 is 33.1 Å². The molecule has 1 amide bonds. The van der Waals surface area contributed by atoms with Crippen LogP contribution >= 0.6 is 11.3 Å². The number of fused-ring (bicyclic) bond motifs is 1. The summed E-state index contributed by atoms with van der Waals surface area (Å²) in [6, 6.07) is 5.38. The molecule has 0 bridgehead atoms. The van der Waals surface area contributed by atoms with Crippen LogP contribution < -0.4 is 10.9 Å². The molecule has 30 heavy (non-hydrogen) atoms. The first-order valence-electron chi connectivity index (χ1n) is 9.68. The van der Waals surface area contributed by atoms with E-state index < -0.39 is 5.92 Å². The van der Waals surface area contributed by atoms with Crippen molar-refractivity contribution in [3.8, 4) is 11.1 Å². The molecule has 1 saturated heterocycles. The third-order valence-corrected chi connectivity index (χ3v) is 6.28. The fraction of sp³-hybridized carbons (Fsp3) is 0.381. The highest BCUT2D eigenvalue weighted by Gasteiger charge is 2.35. The largest absolute Gasteiger partial charge is 0.317 e. The third kappa shape index (κ3) is 4.27. The van der Waals surface area contributed by atoms with Gasteiger partial charge in [-0.05, 0) is 36.7 Å². The number of nitrogens with one attached hydrogen (secondary N) is 1. The van der Waals surface area contributed by atoms with Crippen molar-refractivity contribution in [2.24, 2.45) is 7.05 Å². The maximum atomic E-state index is 13.8. The number of carbonyl (C=O) groups is 1. The van der Waals surface area contributed by atoms with Gasteiger partial charge in [-0.3, -0.25) is 14.5 Å². The average Bonchev–Trinajstić information content (AvgIpc) is 3.07. The number of pyridine rings is 2. The van der Waals surface area contributed by atoms with E-state index in [1.54, 1.807) is 30.4 Å². The minimum absolute atomic E-state index is 0.0702. The van der Waals surface area contributed by atoms with Crippen LogP contribution in [0.25, 0.3) is 21.2 Å². The number of piperidine rings is 1. The number of nitrogens with zero attached hydrogens (tertiary/aromatic N) is 3. The Balaban J connectivity index is 1.74. The predicted molar refractivity (Wildman–Crippen MR) is 114 cm³/mol. The van der Waals surface area contributed by atoms with Crippen LogP contribution in [0.5, 0.6) is 0 Å². The fourth-order valence-corrected chi connectivity index (χ4v) is 5.06. The summed E-state index contributed by atoms with van der Waals surface area (Å²) in [7, 11) is 1.68. The van der Waals surface area contributed by atoms with Crippen molar-refractivity contribution in [3.63, 3.8) is 0 Å². The zero-order chi connectivity index (χ0) is 21.5. The molecule has 1 aliphatic heterocycles. The molecule has 0 radical (unpaired) electrons. The van der Waals surface area contributed by atoms with Gasteiger partial charge in [0, 0.05) is 54.5 Å². The van der Waals surface area contributed by atoms with Gasteiger partial charge in [0.2, 0.25) is 5.91 Å². The normalized spacial score (nSPS) is 16.7. The van der Waals surface area contributed by atoms with E-state index in [4.69, 9.17) is 0 Å². The quantitative estimate of drug-likeness (QED) is 0.680. The van der Waals surface area contributed by atoms with Crippen molar-refractivity contribution in [3.05, 3.63) is 45.8 Å². The van der Waals surface area contributed by atoms with Crippen molar-refractivity contribution in [1.82, 2.24) is 14.5 Å². The Kier molecular flexibility index (Phi) is 5.42. The van der Waals surface area contributed by atoms with E-state index in [1.807, 2.05) is 12.1 Å². The molecule has 0 aliphatic carbocycles. The second-order valence-electron chi connectivity index (χ2n) is 7.70. The maximum absolute atomic E-state index is 13.8. The van der Waals surface area contributed by atoms with E-state index in [0.717, 1.165) is 20.7 Å². The van der Waals surface area contributed by atoms with Crippen LogP contribution in [0.3, 0.4) is 0 Å². The summed E-state index contributed by atoms with van der Waals surface area (Å²) in [5, 5.41) is 3.23. The molecule has 1 N–H and O–H groups in total. The molecular weight excluding hydrogens is 410 g/mol. The third-order valence-electron chi connectivity index (χ3n) is 5.13. The van der Waals surface area contributed by atoms with Gasteiger partial charge in [-0.15, -0.1) is 11.3 Å². The molecule has 6 nitrogen and oxygen atoms in total. The van der Waals surface area contributed by atoms with Crippen molar-refractivity contribution in [1.29, 1.82) is 0 Å². The van der Waals surface area contributed by atoms with Gasteiger partial charge < -0.3 is 9.88 Å². The first kappa shape index (κ1) is 20.6. The number of carbonyl (C=O) groups excluding carboxylic acids is 1. The van der Waals surface area contributed by atoms with Gasteiger partial charge >= 0.3 is 0 Å². The Labute approximate surface area is 176 Å². The van der Waals surface area contributed by atoms with Crippen LogP contribution in [0.2, 0.25) is 0 Å². The SMILES string of the molecule is CC(=O)Nc1cc(-c2cn(C)c(=O)c3cc(CN4CCCC(F)(F)C4)sc23)ccn1. The highest BCUT2D eigenvalue weighted by atomic mass is 32.1. The first-order chi connectivity index (χ1) is 14.2. The number of hydrogen-bond donors (Lipinski definition) is 1. The molecular formula is C21H22F2N4O2S. The molecule has 0 spiro atoms. The van der Waals surface area contributed by atoms with Crippen molar-refractivity contribution in [2.45, 2.75) is 32.2 Å². The van der Waals surface area contributed by atoms with Gasteiger partial charge in [0.25, 0.3) is 11.5 Å². The van der Waals surface area contributed by atoms with Crippen LogP contribution in [0.15, 0.2) is 35.4 Å². The van der Waals surface area contributed by atoms with E-state index in [-0.39, 0.29) is 24.4 Å². The van der Waals surface area contributed by atoms with Crippen LogP contribution in [0, 0.1) is 0 Å².